The standard InChI is InChI=1S/C20H27F2N7O2.C15H22BF2N3O2.C14H22ClN5O2/c1-12-10-30-6-4-28(12)18-25-17(14-9-24-15(23)8-13(14)16(21)22)26-19(27-18)29-5-7-31-11-20(29,2)3;1-14(2)15(3,4)23-16(22-14)11-8-19-12(20-9-21(5)6)7-10(11)13(17)18;1-10-8-21-6-4-19(10)12-16-11(15)17-13(18-12)20-5-7-22-9-14(20,2)3/h8-9,12,16H,4-7,10-11H2,1-3H3,(H2,23,24);7-9,13H,1-6H3;10H,4-9H2,1-3H3/t12-;;10-/m1.1/s1. The molecule has 5 saturated heterocycles. The zero-order valence-corrected chi connectivity index (χ0v) is 46.2. The Kier molecular flexibility index (Phi) is 18.5. The van der Waals surface area contributed by atoms with Crippen LogP contribution in [-0.4, -0.2) is 186 Å². The number of nitrogens with zero attached hydrogens (tertiary/aromatic N) is 14. The third-order valence-electron chi connectivity index (χ3n) is 13.8. The van der Waals surface area contributed by atoms with E-state index in [-0.39, 0.29) is 68.1 Å². The number of alkyl halides is 4. The maximum Gasteiger partial charge on any atom is 0.496 e. The van der Waals surface area contributed by atoms with Gasteiger partial charge >= 0.3 is 7.12 Å². The number of ether oxygens (including phenoxy) is 4. The summed E-state index contributed by atoms with van der Waals surface area (Å²) >= 11 is 6.15. The molecular formula is C49H71BClF4N15O6. The molecule has 27 heteroatoms. The molecule has 416 valence electrons. The van der Waals surface area contributed by atoms with Gasteiger partial charge in [0.15, 0.2) is 11.6 Å². The average Bonchev–Trinajstić information content (AvgIpc) is 3.62. The van der Waals surface area contributed by atoms with E-state index >= 15 is 0 Å². The number of hydrogen-bond acceptors (Lipinski definition) is 20. The van der Waals surface area contributed by atoms with Crippen molar-refractivity contribution in [2.24, 2.45) is 4.99 Å². The van der Waals surface area contributed by atoms with E-state index in [4.69, 9.17) is 50.6 Å². The van der Waals surface area contributed by atoms with Gasteiger partial charge in [-0.15, -0.1) is 0 Å². The fourth-order valence-electron chi connectivity index (χ4n) is 8.74. The van der Waals surface area contributed by atoms with Crippen molar-refractivity contribution in [1.29, 1.82) is 0 Å². The molecule has 21 nitrogen and oxygen atoms in total. The predicted molar refractivity (Wildman–Crippen MR) is 284 cm³/mol. The van der Waals surface area contributed by atoms with Crippen molar-refractivity contribution in [3.63, 3.8) is 0 Å². The van der Waals surface area contributed by atoms with Gasteiger partial charge in [-0.25, -0.2) is 32.5 Å². The van der Waals surface area contributed by atoms with E-state index in [2.05, 4.69) is 70.5 Å². The van der Waals surface area contributed by atoms with E-state index in [1.165, 1.54) is 30.9 Å². The smallest absolute Gasteiger partial charge is 0.399 e. The molecule has 4 aromatic rings. The van der Waals surface area contributed by atoms with Gasteiger partial charge in [0, 0.05) is 74.8 Å². The van der Waals surface area contributed by atoms with Crippen LogP contribution in [0, 0.1) is 0 Å². The molecule has 0 spiro atoms. The van der Waals surface area contributed by atoms with Crippen molar-refractivity contribution in [2.45, 2.75) is 116 Å². The molecule has 4 aromatic heterocycles. The first-order chi connectivity index (χ1) is 35.8. The van der Waals surface area contributed by atoms with Gasteiger partial charge < -0.3 is 58.5 Å². The molecule has 5 aliphatic heterocycles. The second-order valence-corrected chi connectivity index (χ2v) is 21.8. The molecule has 5 fully saturated rings. The summed E-state index contributed by atoms with van der Waals surface area (Å²) in [6, 6.07) is 2.69. The number of rotatable bonds is 10. The predicted octanol–water partition coefficient (Wildman–Crippen LogP) is 6.20. The van der Waals surface area contributed by atoms with Crippen LogP contribution in [0.5, 0.6) is 0 Å². The Balaban J connectivity index is 0.000000169. The summed E-state index contributed by atoms with van der Waals surface area (Å²) in [7, 11) is 2.70. The fraction of sp³-hybridized carbons (Fsp3) is 0.653. The van der Waals surface area contributed by atoms with Gasteiger partial charge in [0.2, 0.25) is 29.1 Å². The minimum absolute atomic E-state index is 0.0182. The normalized spacial score (nSPS) is 22.1. The Labute approximate surface area is 447 Å². The van der Waals surface area contributed by atoms with Crippen LogP contribution in [0.15, 0.2) is 29.5 Å². The van der Waals surface area contributed by atoms with Crippen LogP contribution in [0.25, 0.3) is 11.4 Å². The summed E-state index contributed by atoms with van der Waals surface area (Å²) in [5.41, 5.74) is 3.86. The minimum Gasteiger partial charge on any atom is -0.399 e. The molecule has 9 rings (SSSR count). The largest absolute Gasteiger partial charge is 0.496 e. The summed E-state index contributed by atoms with van der Waals surface area (Å²) in [6.07, 6.45) is -1.25. The second kappa shape index (κ2) is 24.1. The van der Waals surface area contributed by atoms with Crippen molar-refractivity contribution in [3.05, 3.63) is 40.9 Å². The molecular weight excluding hydrogens is 1020 g/mol. The average molecular weight is 1090 g/mol. The van der Waals surface area contributed by atoms with Crippen molar-refractivity contribution in [1.82, 2.24) is 44.8 Å². The molecule has 0 aromatic carbocycles. The SMILES string of the molecule is CN(C)C=Nc1cc(C(F)F)c(B2OC(C)(C)C(C)(C)O2)cn1.C[C@@H]1COCCN1c1nc(-c2cnc(N)cc2C(F)F)nc(N2CCOCC2(C)C)n1.C[C@@H]1COCCN1c1nc(Cl)nc(N2CCOCC2(C)C)n1. The zero-order valence-electron chi connectivity index (χ0n) is 45.4. The molecule has 0 unspecified atom stereocenters. The van der Waals surface area contributed by atoms with Crippen LogP contribution in [0.1, 0.15) is 93.2 Å². The van der Waals surface area contributed by atoms with Crippen molar-refractivity contribution < 1.29 is 45.8 Å². The zero-order chi connectivity index (χ0) is 55.3. The molecule has 0 radical (unpaired) electrons. The molecule has 0 amide bonds. The highest BCUT2D eigenvalue weighted by atomic mass is 35.5. The first kappa shape index (κ1) is 58.3. The van der Waals surface area contributed by atoms with Gasteiger partial charge in [-0.05, 0) is 93.0 Å². The van der Waals surface area contributed by atoms with Crippen LogP contribution in [-0.2, 0) is 28.3 Å². The van der Waals surface area contributed by atoms with E-state index in [0.29, 0.717) is 89.7 Å². The number of nitrogen functional groups attached to an aromatic ring is 1. The lowest BCUT2D eigenvalue weighted by atomic mass is 9.77. The maximum absolute atomic E-state index is 13.8. The summed E-state index contributed by atoms with van der Waals surface area (Å²) < 4.78 is 88.3. The number of aromatic nitrogens is 8. The van der Waals surface area contributed by atoms with Crippen molar-refractivity contribution in [2.75, 3.05) is 118 Å². The monoisotopic (exact) mass is 1090 g/mol. The van der Waals surface area contributed by atoms with Gasteiger partial charge in [0.25, 0.3) is 12.9 Å². The Hall–Kier alpha value is -5.38. The number of anilines is 5. The van der Waals surface area contributed by atoms with Gasteiger partial charge in [-0.3, -0.25) is 0 Å². The number of nitrogens with two attached hydrogens (primary N) is 1. The van der Waals surface area contributed by atoms with Gasteiger partial charge in [0.05, 0.1) is 93.6 Å². The Morgan fingerprint density at radius 2 is 1.16 bits per heavy atom. The van der Waals surface area contributed by atoms with Crippen molar-refractivity contribution >= 4 is 65.9 Å². The lowest BCUT2D eigenvalue weighted by Crippen LogP contribution is -2.54. The van der Waals surface area contributed by atoms with Crippen LogP contribution in [0.2, 0.25) is 5.28 Å². The molecule has 76 heavy (non-hydrogen) atoms. The molecule has 9 heterocycles. The van der Waals surface area contributed by atoms with Crippen molar-refractivity contribution in [3.8, 4) is 11.4 Å². The number of morpholine rings is 4. The molecule has 2 atom stereocenters. The maximum atomic E-state index is 13.8. The van der Waals surface area contributed by atoms with E-state index < -0.39 is 31.2 Å². The van der Waals surface area contributed by atoms with Gasteiger partial charge in [-0.2, -0.15) is 29.9 Å². The van der Waals surface area contributed by atoms with Gasteiger partial charge in [0.1, 0.15) is 5.82 Å². The summed E-state index contributed by atoms with van der Waals surface area (Å²) in [4.78, 5) is 49.4. The van der Waals surface area contributed by atoms with E-state index in [1.807, 2.05) is 58.3 Å². The highest BCUT2D eigenvalue weighted by molar-refractivity contribution is 6.62. The molecule has 5 aliphatic rings. The second-order valence-electron chi connectivity index (χ2n) is 21.5. The summed E-state index contributed by atoms with van der Waals surface area (Å²) in [5, 5.41) is 0.223. The Morgan fingerprint density at radius 3 is 1.66 bits per heavy atom. The third kappa shape index (κ3) is 13.8. The summed E-state index contributed by atoms with van der Waals surface area (Å²) in [5.74, 6) is 2.46. The highest BCUT2D eigenvalue weighted by Crippen LogP contribution is 2.38. The molecule has 0 aliphatic carbocycles. The number of hydrogen-bond donors (Lipinski definition) is 1. The van der Waals surface area contributed by atoms with Gasteiger partial charge in [-0.1, -0.05) is 0 Å². The minimum atomic E-state index is -2.74. The third-order valence-corrected chi connectivity index (χ3v) is 13.9. The van der Waals surface area contributed by atoms with E-state index in [9.17, 15) is 17.6 Å². The lowest BCUT2D eigenvalue weighted by molar-refractivity contribution is 0.00578. The quantitative estimate of drug-likeness (QED) is 0.0810. The molecule has 0 bridgehead atoms. The first-order valence-corrected chi connectivity index (χ1v) is 25.6. The van der Waals surface area contributed by atoms with E-state index in [0.717, 1.165) is 13.1 Å². The van der Waals surface area contributed by atoms with Crippen LogP contribution in [0.3, 0.4) is 0 Å². The highest BCUT2D eigenvalue weighted by Gasteiger charge is 2.53. The molecule has 0 saturated carbocycles. The van der Waals surface area contributed by atoms with E-state index in [1.54, 1.807) is 19.0 Å². The number of aliphatic imine (C=N–C) groups is 1. The number of pyridine rings is 2. The topological polar surface area (TPSA) is 213 Å². The van der Waals surface area contributed by atoms with Crippen LogP contribution in [0.4, 0.5) is 53.0 Å². The number of halogens is 5. The Bertz CT molecular complexity index is 2630. The van der Waals surface area contributed by atoms with Crippen LogP contribution < -0.4 is 30.8 Å². The fourth-order valence-corrected chi connectivity index (χ4v) is 8.89. The Morgan fingerprint density at radius 1 is 0.671 bits per heavy atom. The lowest BCUT2D eigenvalue weighted by Gasteiger charge is -2.42. The summed E-state index contributed by atoms with van der Waals surface area (Å²) in [6.45, 7) is 27.3. The molecule has 2 N–H and O–H groups in total. The van der Waals surface area contributed by atoms with Crippen LogP contribution >= 0.6 is 11.6 Å². The first-order valence-electron chi connectivity index (χ1n) is 25.2.